The fourth-order valence-electron chi connectivity index (χ4n) is 5.18. The summed E-state index contributed by atoms with van der Waals surface area (Å²) < 4.78 is 12.5. The summed E-state index contributed by atoms with van der Waals surface area (Å²) in [5.41, 5.74) is 2.25. The molecule has 0 N–H and O–H groups in total. The highest BCUT2D eigenvalue weighted by Gasteiger charge is 2.41. The maximum Gasteiger partial charge on any atom is 0.279 e. The molecule has 0 bridgehead atoms. The number of ether oxygens (including phenoxy) is 1. The standard InChI is InChI=1S/C27H27N3O3S/c31-26(12-11-22-4-3-13-32-22)30-17-20-15-29(16-21(20)18-30)14-19-7-9-23(10-8-19)33-27-28-24-5-1-2-6-25(24)34-27/h1-10,13,20-21H,11-12,14-18H2. The van der Waals surface area contributed by atoms with E-state index in [1.165, 1.54) is 5.56 Å². The van der Waals surface area contributed by atoms with Gasteiger partial charge in [-0.3, -0.25) is 9.69 Å². The summed E-state index contributed by atoms with van der Waals surface area (Å²) in [5.74, 6) is 3.10. The lowest BCUT2D eigenvalue weighted by Gasteiger charge is -2.21. The number of likely N-dealkylation sites (tertiary alicyclic amines) is 2. The Kier molecular flexibility index (Phi) is 5.81. The Balaban J connectivity index is 0.989. The largest absolute Gasteiger partial charge is 0.469 e. The van der Waals surface area contributed by atoms with Crippen molar-refractivity contribution in [2.24, 2.45) is 11.8 Å². The van der Waals surface area contributed by atoms with Crippen LogP contribution in [0.2, 0.25) is 0 Å². The summed E-state index contributed by atoms with van der Waals surface area (Å²) in [5, 5.41) is 0.671. The third-order valence-corrected chi connectivity index (χ3v) is 7.80. The third kappa shape index (κ3) is 4.58. The lowest BCUT2D eigenvalue weighted by molar-refractivity contribution is -0.130. The maximum atomic E-state index is 12.6. The number of carbonyl (C=O) groups is 1. The second-order valence-corrected chi connectivity index (χ2v) is 10.3. The van der Waals surface area contributed by atoms with Crippen LogP contribution in [0.3, 0.4) is 0 Å². The van der Waals surface area contributed by atoms with Gasteiger partial charge >= 0.3 is 0 Å². The minimum absolute atomic E-state index is 0.251. The number of hydrogen-bond acceptors (Lipinski definition) is 6. The van der Waals surface area contributed by atoms with E-state index in [-0.39, 0.29) is 5.91 Å². The quantitative estimate of drug-likeness (QED) is 0.369. The topological polar surface area (TPSA) is 58.8 Å². The Morgan fingerprint density at radius 3 is 2.53 bits per heavy atom. The van der Waals surface area contributed by atoms with E-state index in [2.05, 4.69) is 33.0 Å². The van der Waals surface area contributed by atoms with Crippen LogP contribution in [-0.4, -0.2) is 46.9 Å². The molecule has 34 heavy (non-hydrogen) atoms. The minimum atomic E-state index is 0.251. The van der Waals surface area contributed by atoms with Crippen LogP contribution in [0.1, 0.15) is 17.7 Å². The molecule has 2 unspecified atom stereocenters. The van der Waals surface area contributed by atoms with Crippen molar-refractivity contribution in [2.45, 2.75) is 19.4 Å². The number of hydrogen-bond donors (Lipinski definition) is 0. The molecule has 2 aromatic carbocycles. The number of nitrogens with zero attached hydrogens (tertiary/aromatic N) is 3. The number of aromatic nitrogens is 1. The number of aryl methyl sites for hydroxylation is 1. The van der Waals surface area contributed by atoms with E-state index in [9.17, 15) is 4.79 Å². The molecule has 2 fully saturated rings. The van der Waals surface area contributed by atoms with Crippen molar-refractivity contribution in [1.82, 2.24) is 14.8 Å². The molecule has 2 aliphatic heterocycles. The first-order valence-corrected chi connectivity index (χ1v) is 12.7. The number of fused-ring (bicyclic) bond motifs is 2. The molecule has 7 heteroatoms. The molecule has 4 heterocycles. The van der Waals surface area contributed by atoms with Gasteiger partial charge in [0, 0.05) is 45.6 Å². The van der Waals surface area contributed by atoms with Crippen LogP contribution in [-0.2, 0) is 17.8 Å². The van der Waals surface area contributed by atoms with Crippen molar-refractivity contribution in [2.75, 3.05) is 26.2 Å². The molecule has 0 spiro atoms. The van der Waals surface area contributed by atoms with Crippen molar-refractivity contribution in [1.29, 1.82) is 0 Å². The van der Waals surface area contributed by atoms with E-state index < -0.39 is 0 Å². The number of rotatable bonds is 7. The van der Waals surface area contributed by atoms with Crippen molar-refractivity contribution >= 4 is 27.5 Å². The van der Waals surface area contributed by atoms with Crippen LogP contribution in [0, 0.1) is 11.8 Å². The van der Waals surface area contributed by atoms with E-state index in [0.717, 1.165) is 54.5 Å². The normalized spacial score (nSPS) is 20.2. The average molecular weight is 474 g/mol. The number of carbonyl (C=O) groups excluding carboxylic acids is 1. The summed E-state index contributed by atoms with van der Waals surface area (Å²) in [7, 11) is 0. The maximum absolute atomic E-state index is 12.6. The molecular weight excluding hydrogens is 446 g/mol. The Bertz CT molecular complexity index is 1220. The van der Waals surface area contributed by atoms with Crippen LogP contribution in [0.25, 0.3) is 10.2 Å². The second kappa shape index (κ2) is 9.24. The van der Waals surface area contributed by atoms with Gasteiger partial charge in [-0.15, -0.1) is 0 Å². The van der Waals surface area contributed by atoms with E-state index in [1.54, 1.807) is 17.6 Å². The molecule has 6 nitrogen and oxygen atoms in total. The molecule has 4 aromatic rings. The zero-order valence-electron chi connectivity index (χ0n) is 18.9. The zero-order valence-corrected chi connectivity index (χ0v) is 19.7. The molecule has 0 saturated carbocycles. The van der Waals surface area contributed by atoms with Crippen molar-refractivity contribution in [3.05, 3.63) is 78.3 Å². The monoisotopic (exact) mass is 473 g/mol. The molecule has 2 aromatic heterocycles. The molecule has 2 aliphatic rings. The average Bonchev–Trinajstić information content (AvgIpc) is 3.62. The van der Waals surface area contributed by atoms with Crippen molar-refractivity contribution in [3.8, 4) is 10.9 Å². The molecule has 0 radical (unpaired) electrons. The Morgan fingerprint density at radius 1 is 1.00 bits per heavy atom. The van der Waals surface area contributed by atoms with Crippen LogP contribution < -0.4 is 4.74 Å². The number of furan rings is 1. The molecule has 6 rings (SSSR count). The van der Waals surface area contributed by atoms with Gasteiger partial charge in [-0.2, -0.15) is 0 Å². The molecule has 2 atom stereocenters. The van der Waals surface area contributed by atoms with Crippen LogP contribution >= 0.6 is 11.3 Å². The Hall–Kier alpha value is -3.16. The van der Waals surface area contributed by atoms with Gasteiger partial charge in [0.25, 0.3) is 5.19 Å². The number of para-hydroxylation sites is 1. The van der Waals surface area contributed by atoms with Gasteiger partial charge in [-0.1, -0.05) is 35.6 Å². The van der Waals surface area contributed by atoms with E-state index in [1.807, 2.05) is 42.5 Å². The fraction of sp³-hybridized carbons (Fsp3) is 0.333. The number of thiazole rings is 1. The highest BCUT2D eigenvalue weighted by Crippen LogP contribution is 2.33. The first-order chi connectivity index (χ1) is 16.7. The summed E-state index contributed by atoms with van der Waals surface area (Å²) in [6.07, 6.45) is 2.88. The Morgan fingerprint density at radius 2 is 1.79 bits per heavy atom. The highest BCUT2D eigenvalue weighted by atomic mass is 32.1. The van der Waals surface area contributed by atoms with Crippen LogP contribution in [0.15, 0.2) is 71.3 Å². The Labute approximate surface area is 202 Å². The summed E-state index contributed by atoms with van der Waals surface area (Å²) in [4.78, 5) is 21.7. The molecular formula is C27H27N3O3S. The number of benzene rings is 2. The smallest absolute Gasteiger partial charge is 0.279 e. The van der Waals surface area contributed by atoms with Crippen molar-refractivity contribution in [3.63, 3.8) is 0 Å². The van der Waals surface area contributed by atoms with Gasteiger partial charge in [0.05, 0.1) is 16.5 Å². The lowest BCUT2D eigenvalue weighted by Crippen LogP contribution is -2.33. The minimum Gasteiger partial charge on any atom is -0.469 e. The van der Waals surface area contributed by atoms with Gasteiger partial charge in [-0.05, 0) is 53.8 Å². The fourth-order valence-corrected chi connectivity index (χ4v) is 6.02. The summed E-state index contributed by atoms with van der Waals surface area (Å²) in [6, 6.07) is 20.2. The molecule has 1 amide bonds. The van der Waals surface area contributed by atoms with Gasteiger partial charge in [0.15, 0.2) is 0 Å². The zero-order chi connectivity index (χ0) is 22.9. The van der Waals surface area contributed by atoms with Crippen LogP contribution in [0.4, 0.5) is 0 Å². The molecule has 0 aliphatic carbocycles. The van der Waals surface area contributed by atoms with Gasteiger partial charge in [0.1, 0.15) is 11.5 Å². The molecule has 2 saturated heterocycles. The molecule has 174 valence electrons. The first kappa shape index (κ1) is 21.4. The SMILES string of the molecule is O=C(CCc1ccco1)N1CC2CN(Cc3ccc(Oc4nc5ccccc5s4)cc3)CC2C1. The van der Waals surface area contributed by atoms with Crippen molar-refractivity contribution < 1.29 is 13.9 Å². The van der Waals surface area contributed by atoms with E-state index in [4.69, 9.17) is 9.15 Å². The van der Waals surface area contributed by atoms with E-state index in [0.29, 0.717) is 29.9 Å². The summed E-state index contributed by atoms with van der Waals surface area (Å²) in [6.45, 7) is 4.80. The summed E-state index contributed by atoms with van der Waals surface area (Å²) >= 11 is 1.56. The van der Waals surface area contributed by atoms with Gasteiger partial charge in [0.2, 0.25) is 5.91 Å². The highest BCUT2D eigenvalue weighted by molar-refractivity contribution is 7.20. The second-order valence-electron chi connectivity index (χ2n) is 9.29. The lowest BCUT2D eigenvalue weighted by atomic mass is 10.0. The third-order valence-electron chi connectivity index (χ3n) is 6.89. The number of amides is 1. The predicted octanol–water partition coefficient (Wildman–Crippen LogP) is 5.20. The van der Waals surface area contributed by atoms with Gasteiger partial charge < -0.3 is 14.1 Å². The van der Waals surface area contributed by atoms with Gasteiger partial charge in [-0.25, -0.2) is 4.98 Å². The predicted molar refractivity (Wildman–Crippen MR) is 132 cm³/mol. The first-order valence-electron chi connectivity index (χ1n) is 11.8. The van der Waals surface area contributed by atoms with E-state index >= 15 is 0 Å². The van der Waals surface area contributed by atoms with Crippen LogP contribution in [0.5, 0.6) is 10.9 Å².